The van der Waals surface area contributed by atoms with Crippen molar-refractivity contribution in [1.29, 1.82) is 0 Å². The second-order valence-corrected chi connectivity index (χ2v) is 4.18. The van der Waals surface area contributed by atoms with Crippen molar-refractivity contribution in [3.63, 3.8) is 0 Å². The molecular weight excluding hydrogens is 206 g/mol. The summed E-state index contributed by atoms with van der Waals surface area (Å²) in [6, 6.07) is 3.15. The Balaban J connectivity index is 1.96. The highest BCUT2D eigenvalue weighted by Crippen LogP contribution is 2.13. The van der Waals surface area contributed by atoms with Gasteiger partial charge in [0.05, 0.1) is 0 Å². The largest absolute Gasteiger partial charge is 0.316 e. The van der Waals surface area contributed by atoms with Gasteiger partial charge in [0, 0.05) is 12.5 Å². The molecule has 6 heteroatoms. The van der Waals surface area contributed by atoms with Gasteiger partial charge in [0.1, 0.15) is 0 Å². The minimum Gasteiger partial charge on any atom is -0.316 e. The van der Waals surface area contributed by atoms with Crippen LogP contribution < -0.4 is 10.9 Å². The third-order valence-electron chi connectivity index (χ3n) is 2.99. The molecule has 2 aromatic heterocycles. The quantitative estimate of drug-likeness (QED) is 0.718. The first kappa shape index (κ1) is 9.53. The molecule has 6 nitrogen and oxygen atoms in total. The van der Waals surface area contributed by atoms with Crippen molar-refractivity contribution in [2.75, 3.05) is 13.1 Å². The fourth-order valence-electron chi connectivity index (χ4n) is 2.14. The van der Waals surface area contributed by atoms with Crippen LogP contribution in [0, 0.1) is 5.92 Å². The maximum absolute atomic E-state index is 11.2. The first-order chi connectivity index (χ1) is 7.83. The van der Waals surface area contributed by atoms with Gasteiger partial charge >= 0.3 is 0 Å². The van der Waals surface area contributed by atoms with E-state index in [2.05, 4.69) is 20.6 Å². The Morgan fingerprint density at radius 3 is 3.19 bits per heavy atom. The van der Waals surface area contributed by atoms with Crippen molar-refractivity contribution in [2.24, 2.45) is 5.92 Å². The highest BCUT2D eigenvalue weighted by atomic mass is 16.1. The first-order valence-electron chi connectivity index (χ1n) is 5.47. The highest BCUT2D eigenvalue weighted by molar-refractivity contribution is 5.34. The van der Waals surface area contributed by atoms with Crippen LogP contribution in [0.1, 0.15) is 12.2 Å². The van der Waals surface area contributed by atoms with E-state index in [1.54, 1.807) is 10.6 Å². The van der Waals surface area contributed by atoms with Crippen LogP contribution in [0.5, 0.6) is 0 Å². The molecule has 1 aliphatic heterocycles. The van der Waals surface area contributed by atoms with Gasteiger partial charge in [0.2, 0.25) is 0 Å². The Morgan fingerprint density at radius 2 is 2.38 bits per heavy atom. The Labute approximate surface area is 91.7 Å². The number of rotatable bonds is 2. The number of hydrogen-bond acceptors (Lipinski definition) is 4. The van der Waals surface area contributed by atoms with E-state index in [0.717, 1.165) is 31.8 Å². The maximum atomic E-state index is 11.2. The van der Waals surface area contributed by atoms with Crippen molar-refractivity contribution in [3.05, 3.63) is 28.3 Å². The first-order valence-corrected chi connectivity index (χ1v) is 5.47. The van der Waals surface area contributed by atoms with Crippen LogP contribution >= 0.6 is 0 Å². The van der Waals surface area contributed by atoms with Gasteiger partial charge in [0.15, 0.2) is 11.5 Å². The molecule has 0 aliphatic carbocycles. The van der Waals surface area contributed by atoms with Crippen LogP contribution in [0.4, 0.5) is 0 Å². The molecule has 0 spiro atoms. The van der Waals surface area contributed by atoms with Crippen molar-refractivity contribution in [2.45, 2.75) is 12.8 Å². The lowest BCUT2D eigenvalue weighted by molar-refractivity contribution is 0.551. The molecule has 0 amide bonds. The summed E-state index contributed by atoms with van der Waals surface area (Å²) in [6.45, 7) is 2.09. The van der Waals surface area contributed by atoms with E-state index in [-0.39, 0.29) is 5.56 Å². The number of aromatic amines is 1. The zero-order chi connectivity index (χ0) is 11.0. The number of aromatic nitrogens is 4. The second-order valence-electron chi connectivity index (χ2n) is 4.18. The molecular formula is C10H13N5O. The predicted octanol–water partition coefficient (Wildman–Crippen LogP) is -0.430. The molecule has 2 aromatic rings. The number of H-pyrrole nitrogens is 1. The van der Waals surface area contributed by atoms with Gasteiger partial charge in [-0.2, -0.15) is 0 Å². The topological polar surface area (TPSA) is 75.1 Å². The van der Waals surface area contributed by atoms with Crippen LogP contribution in [-0.4, -0.2) is 32.9 Å². The van der Waals surface area contributed by atoms with E-state index in [4.69, 9.17) is 0 Å². The lowest BCUT2D eigenvalue weighted by atomic mass is 10.1. The van der Waals surface area contributed by atoms with Crippen LogP contribution in [-0.2, 0) is 6.42 Å². The standard InChI is InChI=1S/C10H13N5O/c16-10-2-1-8-12-13-9(15(8)14-10)5-7-3-4-11-6-7/h1-2,7,11H,3-6H2,(H,14,16). The summed E-state index contributed by atoms with van der Waals surface area (Å²) >= 11 is 0. The van der Waals surface area contributed by atoms with E-state index < -0.39 is 0 Å². The number of nitrogens with one attached hydrogen (secondary N) is 2. The molecule has 3 heterocycles. The monoisotopic (exact) mass is 219 g/mol. The molecule has 84 valence electrons. The summed E-state index contributed by atoms with van der Waals surface area (Å²) in [5, 5.41) is 14.2. The van der Waals surface area contributed by atoms with E-state index in [0.29, 0.717) is 11.6 Å². The zero-order valence-electron chi connectivity index (χ0n) is 8.81. The summed E-state index contributed by atoms with van der Waals surface area (Å²) in [5.41, 5.74) is 0.568. The third-order valence-corrected chi connectivity index (χ3v) is 2.99. The average molecular weight is 219 g/mol. The molecule has 16 heavy (non-hydrogen) atoms. The summed E-state index contributed by atoms with van der Waals surface area (Å²) in [6.07, 6.45) is 2.01. The van der Waals surface area contributed by atoms with Crippen LogP contribution in [0.2, 0.25) is 0 Å². The van der Waals surface area contributed by atoms with Crippen LogP contribution in [0.3, 0.4) is 0 Å². The highest BCUT2D eigenvalue weighted by Gasteiger charge is 2.18. The Hall–Kier alpha value is -1.69. The van der Waals surface area contributed by atoms with Gasteiger partial charge in [-0.25, -0.2) is 4.52 Å². The molecule has 1 fully saturated rings. The maximum Gasteiger partial charge on any atom is 0.263 e. The molecule has 3 rings (SSSR count). The smallest absolute Gasteiger partial charge is 0.263 e. The van der Waals surface area contributed by atoms with Gasteiger partial charge < -0.3 is 5.32 Å². The average Bonchev–Trinajstić information content (AvgIpc) is 2.90. The van der Waals surface area contributed by atoms with Crippen molar-refractivity contribution >= 4 is 5.65 Å². The lowest BCUT2D eigenvalue weighted by Crippen LogP contribution is -2.15. The van der Waals surface area contributed by atoms with Crippen molar-refractivity contribution in [3.8, 4) is 0 Å². The van der Waals surface area contributed by atoms with E-state index >= 15 is 0 Å². The summed E-state index contributed by atoms with van der Waals surface area (Å²) in [4.78, 5) is 11.2. The summed E-state index contributed by atoms with van der Waals surface area (Å²) in [7, 11) is 0. The van der Waals surface area contributed by atoms with Crippen LogP contribution in [0.15, 0.2) is 16.9 Å². The Morgan fingerprint density at radius 1 is 1.44 bits per heavy atom. The van der Waals surface area contributed by atoms with Crippen molar-refractivity contribution < 1.29 is 0 Å². The molecule has 0 saturated carbocycles. The van der Waals surface area contributed by atoms with Gasteiger partial charge in [-0.3, -0.25) is 9.89 Å². The van der Waals surface area contributed by atoms with E-state index in [1.165, 1.54) is 6.07 Å². The number of hydrogen-bond donors (Lipinski definition) is 2. The van der Waals surface area contributed by atoms with Crippen LogP contribution in [0.25, 0.3) is 5.65 Å². The lowest BCUT2D eigenvalue weighted by Gasteiger charge is -2.05. The number of nitrogens with zero attached hydrogens (tertiary/aromatic N) is 3. The van der Waals surface area contributed by atoms with Crippen molar-refractivity contribution in [1.82, 2.24) is 25.1 Å². The van der Waals surface area contributed by atoms with Gasteiger partial charge in [-0.15, -0.1) is 10.2 Å². The minimum absolute atomic E-state index is 0.127. The van der Waals surface area contributed by atoms with E-state index in [9.17, 15) is 4.79 Å². The fourth-order valence-corrected chi connectivity index (χ4v) is 2.14. The summed E-state index contributed by atoms with van der Waals surface area (Å²) in [5.74, 6) is 1.43. The molecule has 2 N–H and O–H groups in total. The zero-order valence-corrected chi connectivity index (χ0v) is 8.81. The molecule has 0 bridgehead atoms. The van der Waals surface area contributed by atoms with E-state index in [1.807, 2.05) is 0 Å². The van der Waals surface area contributed by atoms with Gasteiger partial charge in [-0.05, 0) is 31.5 Å². The minimum atomic E-state index is -0.127. The third kappa shape index (κ3) is 1.61. The number of fused-ring (bicyclic) bond motifs is 1. The SMILES string of the molecule is O=c1ccc2nnc(CC3CCNC3)n2[nH]1. The van der Waals surface area contributed by atoms with Gasteiger partial charge in [-0.1, -0.05) is 0 Å². The Bertz CT molecular complexity index is 552. The molecule has 1 saturated heterocycles. The molecule has 1 atom stereocenters. The molecule has 1 aliphatic rings. The molecule has 0 radical (unpaired) electrons. The summed E-state index contributed by atoms with van der Waals surface area (Å²) < 4.78 is 1.68. The second kappa shape index (κ2) is 3.71. The molecule has 1 unspecified atom stereocenters. The van der Waals surface area contributed by atoms with Gasteiger partial charge in [0.25, 0.3) is 5.56 Å². The fraction of sp³-hybridized carbons (Fsp3) is 0.500. The predicted molar refractivity (Wildman–Crippen MR) is 58.3 cm³/mol. The molecule has 0 aromatic carbocycles. The Kier molecular flexibility index (Phi) is 2.21. The normalized spacial score (nSPS) is 20.6.